The third kappa shape index (κ3) is 2.60. The molecule has 2 aromatic rings. The summed E-state index contributed by atoms with van der Waals surface area (Å²) in [6.07, 6.45) is 6.79. The highest BCUT2D eigenvalue weighted by Gasteiger charge is 2.22. The molecule has 3 rings (SSSR count). The van der Waals surface area contributed by atoms with Gasteiger partial charge in [0.15, 0.2) is 5.78 Å². The van der Waals surface area contributed by atoms with Crippen LogP contribution in [0.25, 0.3) is 6.08 Å². The highest BCUT2D eigenvalue weighted by molar-refractivity contribution is 6.13. The molecule has 0 amide bonds. The first-order valence-corrected chi connectivity index (χ1v) is 7.13. The molecule has 0 radical (unpaired) electrons. The fourth-order valence-electron chi connectivity index (χ4n) is 2.69. The Balaban J connectivity index is 1.97. The molecule has 0 atom stereocenters. The lowest BCUT2D eigenvalue weighted by atomic mass is 9.86. The molecule has 1 aromatic carbocycles. The van der Waals surface area contributed by atoms with Crippen LogP contribution in [0.3, 0.4) is 0 Å². The summed E-state index contributed by atoms with van der Waals surface area (Å²) in [5.41, 5.74) is 3.40. The van der Waals surface area contributed by atoms with E-state index in [0.29, 0.717) is 6.42 Å². The Kier molecular flexibility index (Phi) is 3.92. The van der Waals surface area contributed by atoms with Gasteiger partial charge in [0.1, 0.15) is 11.5 Å². The zero-order valence-electron chi connectivity index (χ0n) is 12.6. The van der Waals surface area contributed by atoms with Crippen LogP contribution in [0, 0.1) is 0 Å². The van der Waals surface area contributed by atoms with Crippen molar-refractivity contribution in [3.8, 4) is 11.5 Å². The first-order valence-electron chi connectivity index (χ1n) is 7.13. The van der Waals surface area contributed by atoms with Gasteiger partial charge in [-0.05, 0) is 48.7 Å². The molecule has 1 heterocycles. The van der Waals surface area contributed by atoms with E-state index in [1.165, 1.54) is 0 Å². The van der Waals surface area contributed by atoms with Crippen LogP contribution in [0.2, 0.25) is 0 Å². The number of ether oxygens (including phenoxy) is 2. The maximum Gasteiger partial charge on any atom is 0.189 e. The van der Waals surface area contributed by atoms with E-state index in [1.807, 2.05) is 24.3 Å². The molecule has 0 saturated carbocycles. The maximum atomic E-state index is 12.7. The van der Waals surface area contributed by atoms with Gasteiger partial charge in [-0.3, -0.25) is 9.78 Å². The summed E-state index contributed by atoms with van der Waals surface area (Å²) >= 11 is 0. The minimum Gasteiger partial charge on any atom is -0.497 e. The summed E-state index contributed by atoms with van der Waals surface area (Å²) in [5, 5.41) is 0. The number of nitrogens with zero attached hydrogens (tertiary/aromatic N) is 1. The van der Waals surface area contributed by atoms with Gasteiger partial charge in [-0.15, -0.1) is 0 Å². The molecule has 0 saturated heterocycles. The molecule has 0 aliphatic heterocycles. The Labute approximate surface area is 129 Å². The normalized spacial score (nSPS) is 15.5. The second-order valence-electron chi connectivity index (χ2n) is 5.14. The smallest absolute Gasteiger partial charge is 0.189 e. The van der Waals surface area contributed by atoms with E-state index in [0.717, 1.165) is 40.2 Å². The molecular formula is C18H17NO3. The Morgan fingerprint density at radius 2 is 2.00 bits per heavy atom. The van der Waals surface area contributed by atoms with E-state index in [2.05, 4.69) is 4.98 Å². The molecule has 1 aromatic heterocycles. The molecular weight excluding hydrogens is 278 g/mol. The molecule has 112 valence electrons. The van der Waals surface area contributed by atoms with Crippen molar-refractivity contribution >= 4 is 11.9 Å². The number of allylic oxidation sites excluding steroid dienone is 1. The first kappa shape index (κ1) is 14.3. The van der Waals surface area contributed by atoms with Crippen LogP contribution in [-0.4, -0.2) is 25.0 Å². The van der Waals surface area contributed by atoms with Crippen molar-refractivity contribution in [3.63, 3.8) is 0 Å². The van der Waals surface area contributed by atoms with Crippen LogP contribution in [-0.2, 0) is 6.42 Å². The Morgan fingerprint density at radius 3 is 2.77 bits per heavy atom. The first-order chi connectivity index (χ1) is 10.7. The number of aromatic nitrogens is 1. The van der Waals surface area contributed by atoms with Crippen molar-refractivity contribution in [1.29, 1.82) is 0 Å². The van der Waals surface area contributed by atoms with Crippen LogP contribution in [0.1, 0.15) is 27.9 Å². The minimum atomic E-state index is 0.0646. The summed E-state index contributed by atoms with van der Waals surface area (Å²) in [6, 6.07) is 7.39. The van der Waals surface area contributed by atoms with E-state index < -0.39 is 0 Å². The van der Waals surface area contributed by atoms with E-state index >= 15 is 0 Å². The number of methoxy groups -OCH3 is 2. The number of pyridine rings is 1. The van der Waals surface area contributed by atoms with Crippen LogP contribution in [0.5, 0.6) is 11.5 Å². The van der Waals surface area contributed by atoms with Gasteiger partial charge in [0.25, 0.3) is 0 Å². The van der Waals surface area contributed by atoms with Crippen LogP contribution < -0.4 is 9.47 Å². The predicted molar refractivity (Wildman–Crippen MR) is 84.4 cm³/mol. The monoisotopic (exact) mass is 295 g/mol. The lowest BCUT2D eigenvalue weighted by molar-refractivity contribution is 0.102. The third-order valence-electron chi connectivity index (χ3n) is 3.87. The van der Waals surface area contributed by atoms with Gasteiger partial charge in [-0.25, -0.2) is 0 Å². The zero-order chi connectivity index (χ0) is 15.5. The molecule has 4 nitrogen and oxygen atoms in total. The number of carbonyl (C=O) groups excluding carboxylic acids is 1. The van der Waals surface area contributed by atoms with Gasteiger partial charge >= 0.3 is 0 Å². The summed E-state index contributed by atoms with van der Waals surface area (Å²) in [4.78, 5) is 16.7. The number of Topliss-reactive ketones (excluding diaryl/α,β-unsaturated/α-hetero) is 1. The molecule has 0 unspecified atom stereocenters. The molecule has 0 bridgehead atoms. The number of rotatable bonds is 3. The van der Waals surface area contributed by atoms with Gasteiger partial charge < -0.3 is 9.47 Å². The predicted octanol–water partition coefficient (Wildman–Crippen LogP) is 3.31. The quantitative estimate of drug-likeness (QED) is 0.815. The van der Waals surface area contributed by atoms with Crippen LogP contribution >= 0.6 is 0 Å². The number of fused-ring (bicyclic) bond motifs is 1. The molecule has 0 fully saturated rings. The molecule has 22 heavy (non-hydrogen) atoms. The van der Waals surface area contributed by atoms with Gasteiger partial charge in [0.05, 0.1) is 14.2 Å². The topological polar surface area (TPSA) is 48.4 Å². The van der Waals surface area contributed by atoms with Crippen molar-refractivity contribution in [2.24, 2.45) is 0 Å². The van der Waals surface area contributed by atoms with Gasteiger partial charge in [-0.2, -0.15) is 0 Å². The van der Waals surface area contributed by atoms with Gasteiger partial charge in [0, 0.05) is 29.1 Å². The molecule has 0 N–H and O–H groups in total. The van der Waals surface area contributed by atoms with Crippen LogP contribution in [0.4, 0.5) is 0 Å². The molecule has 4 heteroatoms. The summed E-state index contributed by atoms with van der Waals surface area (Å²) in [6.45, 7) is 0. The number of hydrogen-bond donors (Lipinski definition) is 0. The summed E-state index contributed by atoms with van der Waals surface area (Å²) < 4.78 is 10.5. The van der Waals surface area contributed by atoms with E-state index in [4.69, 9.17) is 9.47 Å². The van der Waals surface area contributed by atoms with Crippen molar-refractivity contribution in [2.75, 3.05) is 14.2 Å². The number of carbonyl (C=O) groups is 1. The maximum absolute atomic E-state index is 12.7. The van der Waals surface area contributed by atoms with Gasteiger partial charge in [0.2, 0.25) is 0 Å². The van der Waals surface area contributed by atoms with Crippen molar-refractivity contribution in [1.82, 2.24) is 4.98 Å². The Bertz CT molecular complexity index is 750. The molecule has 0 spiro atoms. The lowest BCUT2D eigenvalue weighted by Gasteiger charge is -2.18. The highest BCUT2D eigenvalue weighted by atomic mass is 16.5. The number of aryl methyl sites for hydroxylation is 1. The zero-order valence-corrected chi connectivity index (χ0v) is 12.6. The Hall–Kier alpha value is -2.62. The van der Waals surface area contributed by atoms with E-state index in [1.54, 1.807) is 32.7 Å². The van der Waals surface area contributed by atoms with Crippen molar-refractivity contribution in [3.05, 3.63) is 58.9 Å². The number of hydrogen-bond acceptors (Lipinski definition) is 4. The minimum absolute atomic E-state index is 0.0646. The number of ketones is 1. The van der Waals surface area contributed by atoms with Crippen molar-refractivity contribution in [2.45, 2.75) is 12.8 Å². The summed E-state index contributed by atoms with van der Waals surface area (Å²) in [7, 11) is 3.24. The average Bonchev–Trinajstić information content (AvgIpc) is 2.57. The van der Waals surface area contributed by atoms with E-state index in [-0.39, 0.29) is 5.78 Å². The van der Waals surface area contributed by atoms with Gasteiger partial charge in [-0.1, -0.05) is 0 Å². The van der Waals surface area contributed by atoms with E-state index in [9.17, 15) is 4.79 Å². The average molecular weight is 295 g/mol. The molecule has 1 aliphatic carbocycles. The van der Waals surface area contributed by atoms with Crippen molar-refractivity contribution < 1.29 is 14.3 Å². The fourth-order valence-corrected chi connectivity index (χ4v) is 2.69. The fraction of sp³-hybridized carbons (Fsp3) is 0.222. The second-order valence-corrected chi connectivity index (χ2v) is 5.14. The standard InChI is InChI=1S/C18H17NO3/c1-21-15-5-6-16-12(10-15)3-4-13(18(16)20)9-14-11-19-8-7-17(14)22-2/h5-11H,3-4H2,1-2H3. The summed E-state index contributed by atoms with van der Waals surface area (Å²) in [5.74, 6) is 1.57. The SMILES string of the molecule is COc1ccc2c(c1)CCC(=Cc1cnccc1OC)C2=O. The third-order valence-corrected chi connectivity index (χ3v) is 3.87. The molecule has 1 aliphatic rings. The largest absolute Gasteiger partial charge is 0.497 e. The lowest BCUT2D eigenvalue weighted by Crippen LogP contribution is -2.14. The van der Waals surface area contributed by atoms with Crippen LogP contribution in [0.15, 0.2) is 42.2 Å². The highest BCUT2D eigenvalue weighted by Crippen LogP contribution is 2.30. The second kappa shape index (κ2) is 6.02. The Morgan fingerprint density at radius 1 is 1.14 bits per heavy atom. The number of benzene rings is 1.